The van der Waals surface area contributed by atoms with Crippen molar-refractivity contribution in [3.63, 3.8) is 0 Å². The van der Waals surface area contributed by atoms with Crippen molar-refractivity contribution in [1.82, 2.24) is 5.32 Å². The highest BCUT2D eigenvalue weighted by atomic mass is 32.2. The zero-order valence-electron chi connectivity index (χ0n) is 11.1. The van der Waals surface area contributed by atoms with E-state index in [0.29, 0.717) is 12.1 Å². The molecular formula is C14H19NO3S. The molecule has 0 aromatic heterocycles. The molecule has 0 spiro atoms. The van der Waals surface area contributed by atoms with Crippen molar-refractivity contribution in [2.24, 2.45) is 0 Å². The van der Waals surface area contributed by atoms with Crippen LogP contribution in [0.1, 0.15) is 29.3 Å². The monoisotopic (exact) mass is 281 g/mol. The zero-order valence-corrected chi connectivity index (χ0v) is 11.9. The third-order valence-corrected chi connectivity index (χ3v) is 5.13. The van der Waals surface area contributed by atoms with Crippen molar-refractivity contribution in [2.75, 3.05) is 18.1 Å². The van der Waals surface area contributed by atoms with Gasteiger partial charge in [-0.2, -0.15) is 0 Å². The predicted octanol–water partition coefficient (Wildman–Crippen LogP) is 1.21. The summed E-state index contributed by atoms with van der Waals surface area (Å²) >= 11 is 0. The van der Waals surface area contributed by atoms with Crippen LogP contribution in [0.4, 0.5) is 0 Å². The summed E-state index contributed by atoms with van der Waals surface area (Å²) in [4.78, 5) is 12.2. The molecule has 1 atom stereocenters. The van der Waals surface area contributed by atoms with E-state index in [4.69, 9.17) is 0 Å². The third-order valence-electron chi connectivity index (χ3n) is 3.39. The second-order valence-electron chi connectivity index (χ2n) is 4.95. The van der Waals surface area contributed by atoms with E-state index in [-0.39, 0.29) is 29.8 Å². The topological polar surface area (TPSA) is 63.2 Å². The summed E-state index contributed by atoms with van der Waals surface area (Å²) in [7, 11) is -2.99. The SMILES string of the molecule is CCc1cccc(C(=O)CC2CS(=O)(=O)CCN2)c1. The summed E-state index contributed by atoms with van der Waals surface area (Å²) in [5.41, 5.74) is 1.79. The molecule has 1 heterocycles. The van der Waals surface area contributed by atoms with Gasteiger partial charge in [0.2, 0.25) is 0 Å². The maximum Gasteiger partial charge on any atom is 0.164 e. The molecule has 19 heavy (non-hydrogen) atoms. The number of hydrogen-bond donors (Lipinski definition) is 1. The second kappa shape index (κ2) is 5.84. The van der Waals surface area contributed by atoms with Gasteiger partial charge in [0.1, 0.15) is 0 Å². The standard InChI is InChI=1S/C14H19NO3S/c1-2-11-4-3-5-12(8-11)14(16)9-13-10-19(17,18)7-6-15-13/h3-5,8,13,15H,2,6-7,9-10H2,1H3. The van der Waals surface area contributed by atoms with E-state index in [0.717, 1.165) is 12.0 Å². The number of benzene rings is 1. The maximum atomic E-state index is 12.2. The second-order valence-corrected chi connectivity index (χ2v) is 7.18. The summed E-state index contributed by atoms with van der Waals surface area (Å²) in [6.07, 6.45) is 1.13. The molecule has 1 saturated heterocycles. The Morgan fingerprint density at radius 3 is 2.89 bits per heavy atom. The first kappa shape index (κ1) is 14.2. The fourth-order valence-corrected chi connectivity index (χ4v) is 3.75. The number of rotatable bonds is 4. The van der Waals surface area contributed by atoms with Crippen LogP contribution < -0.4 is 5.32 Å². The first-order chi connectivity index (χ1) is 9.00. The van der Waals surface area contributed by atoms with Crippen LogP contribution >= 0.6 is 0 Å². The third kappa shape index (κ3) is 3.88. The molecule has 4 nitrogen and oxygen atoms in total. The van der Waals surface area contributed by atoms with Crippen molar-refractivity contribution in [3.05, 3.63) is 35.4 Å². The zero-order chi connectivity index (χ0) is 13.9. The number of hydrogen-bond acceptors (Lipinski definition) is 4. The molecule has 2 rings (SSSR count). The van der Waals surface area contributed by atoms with E-state index in [1.54, 1.807) is 6.07 Å². The van der Waals surface area contributed by atoms with E-state index in [9.17, 15) is 13.2 Å². The van der Waals surface area contributed by atoms with Gasteiger partial charge in [0.05, 0.1) is 11.5 Å². The van der Waals surface area contributed by atoms with Crippen molar-refractivity contribution < 1.29 is 13.2 Å². The van der Waals surface area contributed by atoms with Gasteiger partial charge in [-0.1, -0.05) is 25.1 Å². The van der Waals surface area contributed by atoms with Gasteiger partial charge in [0, 0.05) is 24.6 Å². The lowest BCUT2D eigenvalue weighted by molar-refractivity contribution is 0.0971. The van der Waals surface area contributed by atoms with Gasteiger partial charge in [-0.3, -0.25) is 4.79 Å². The van der Waals surface area contributed by atoms with Crippen LogP contribution in [-0.2, 0) is 16.3 Å². The van der Waals surface area contributed by atoms with Gasteiger partial charge >= 0.3 is 0 Å². The van der Waals surface area contributed by atoms with Gasteiger partial charge in [0.15, 0.2) is 15.6 Å². The maximum absolute atomic E-state index is 12.2. The van der Waals surface area contributed by atoms with Crippen LogP contribution in [0.5, 0.6) is 0 Å². The highest BCUT2D eigenvalue weighted by molar-refractivity contribution is 7.91. The molecule has 1 fully saturated rings. The number of carbonyl (C=O) groups excluding carboxylic acids is 1. The number of carbonyl (C=O) groups is 1. The van der Waals surface area contributed by atoms with Crippen LogP contribution in [0.2, 0.25) is 0 Å². The Morgan fingerprint density at radius 2 is 2.21 bits per heavy atom. The Bertz CT molecular complexity index is 566. The molecule has 0 radical (unpaired) electrons. The van der Waals surface area contributed by atoms with E-state index in [1.807, 2.05) is 25.1 Å². The number of sulfone groups is 1. The molecular weight excluding hydrogens is 262 g/mol. The molecule has 0 amide bonds. The molecule has 1 aliphatic heterocycles. The Hall–Kier alpha value is -1.20. The molecule has 1 aliphatic rings. The number of ketones is 1. The van der Waals surface area contributed by atoms with Crippen LogP contribution in [-0.4, -0.2) is 38.3 Å². The summed E-state index contributed by atoms with van der Waals surface area (Å²) in [6, 6.07) is 7.28. The Kier molecular flexibility index (Phi) is 4.37. The highest BCUT2D eigenvalue weighted by Gasteiger charge is 2.26. The lowest BCUT2D eigenvalue weighted by Gasteiger charge is -2.23. The van der Waals surface area contributed by atoms with Crippen molar-refractivity contribution >= 4 is 15.6 Å². The highest BCUT2D eigenvalue weighted by Crippen LogP contribution is 2.12. The largest absolute Gasteiger partial charge is 0.312 e. The van der Waals surface area contributed by atoms with E-state index < -0.39 is 9.84 Å². The van der Waals surface area contributed by atoms with Gasteiger partial charge in [-0.25, -0.2) is 8.42 Å². The predicted molar refractivity (Wildman–Crippen MR) is 75.2 cm³/mol. The number of nitrogens with one attached hydrogen (secondary N) is 1. The molecule has 104 valence electrons. The van der Waals surface area contributed by atoms with Gasteiger partial charge < -0.3 is 5.32 Å². The quantitative estimate of drug-likeness (QED) is 0.843. The van der Waals surface area contributed by atoms with Gasteiger partial charge in [-0.05, 0) is 18.1 Å². The minimum absolute atomic E-state index is 0.00454. The Morgan fingerprint density at radius 1 is 1.42 bits per heavy atom. The van der Waals surface area contributed by atoms with E-state index >= 15 is 0 Å². The smallest absolute Gasteiger partial charge is 0.164 e. The summed E-state index contributed by atoms with van der Waals surface area (Å²) < 4.78 is 23.1. The Balaban J connectivity index is 2.04. The van der Waals surface area contributed by atoms with Crippen molar-refractivity contribution in [3.8, 4) is 0 Å². The van der Waals surface area contributed by atoms with Gasteiger partial charge in [0.25, 0.3) is 0 Å². The Labute approximate surface area is 114 Å². The fourth-order valence-electron chi connectivity index (χ4n) is 2.30. The summed E-state index contributed by atoms with van der Waals surface area (Å²) in [5, 5.41) is 3.10. The van der Waals surface area contributed by atoms with Crippen molar-refractivity contribution in [1.29, 1.82) is 0 Å². The summed E-state index contributed by atoms with van der Waals surface area (Å²) in [5.74, 6) is 0.236. The lowest BCUT2D eigenvalue weighted by atomic mass is 10.0. The molecule has 1 N–H and O–H groups in total. The van der Waals surface area contributed by atoms with Gasteiger partial charge in [-0.15, -0.1) is 0 Å². The number of aryl methyl sites for hydroxylation is 1. The normalized spacial score (nSPS) is 22.1. The van der Waals surface area contributed by atoms with E-state index in [2.05, 4.69) is 5.32 Å². The van der Waals surface area contributed by atoms with Crippen LogP contribution in [0, 0.1) is 0 Å². The minimum atomic E-state index is -2.99. The molecule has 0 bridgehead atoms. The summed E-state index contributed by atoms with van der Waals surface area (Å²) in [6.45, 7) is 2.48. The molecule has 0 aliphatic carbocycles. The minimum Gasteiger partial charge on any atom is -0.312 e. The lowest BCUT2D eigenvalue weighted by Crippen LogP contribution is -2.46. The molecule has 1 aromatic carbocycles. The van der Waals surface area contributed by atoms with Crippen LogP contribution in [0.3, 0.4) is 0 Å². The first-order valence-corrected chi connectivity index (χ1v) is 8.38. The van der Waals surface area contributed by atoms with Crippen LogP contribution in [0.25, 0.3) is 0 Å². The molecule has 1 aromatic rings. The first-order valence-electron chi connectivity index (χ1n) is 6.56. The average Bonchev–Trinajstić information content (AvgIpc) is 2.37. The number of Topliss-reactive ketones (excluding diaryl/α,β-unsaturated/α-hetero) is 1. The molecule has 1 unspecified atom stereocenters. The molecule has 5 heteroatoms. The molecule has 0 saturated carbocycles. The fraction of sp³-hybridized carbons (Fsp3) is 0.500. The average molecular weight is 281 g/mol. The van der Waals surface area contributed by atoms with E-state index in [1.165, 1.54) is 0 Å². The van der Waals surface area contributed by atoms with Crippen molar-refractivity contribution in [2.45, 2.75) is 25.8 Å². The van der Waals surface area contributed by atoms with Crippen LogP contribution in [0.15, 0.2) is 24.3 Å².